The molecule has 0 aromatic carbocycles. The molecule has 41 heavy (non-hydrogen) atoms. The maximum atomic E-state index is 12.4. The third-order valence-electron chi connectivity index (χ3n) is 4.90. The summed E-state index contributed by atoms with van der Waals surface area (Å²) < 4.78 is 97.0. The Bertz CT molecular complexity index is 1210. The summed E-state index contributed by atoms with van der Waals surface area (Å²) in [6, 6.07) is -3.43. The van der Waals surface area contributed by atoms with E-state index in [1.165, 1.54) is 0 Å². The smallest absolute Gasteiger partial charge is 0.324 e. The molecule has 0 saturated carbocycles. The Kier molecular flexibility index (Phi) is 13.1. The zero-order valence-corrected chi connectivity index (χ0v) is 26.5. The predicted octanol–water partition coefficient (Wildman–Crippen LogP) is -4.07. The van der Waals surface area contributed by atoms with E-state index in [9.17, 15) is 115 Å². The van der Waals surface area contributed by atoms with Crippen LogP contribution in [0.2, 0.25) is 0 Å². The van der Waals surface area contributed by atoms with E-state index in [1.807, 2.05) is 0 Å². The van der Waals surface area contributed by atoms with Crippen molar-refractivity contribution in [2.24, 2.45) is 0 Å². The highest BCUT2D eigenvalue weighted by molar-refractivity contribution is 7.73. The van der Waals surface area contributed by atoms with Gasteiger partial charge in [0.2, 0.25) is 11.0 Å². The van der Waals surface area contributed by atoms with Crippen molar-refractivity contribution in [2.45, 2.75) is 40.4 Å². The average Bonchev–Trinajstić information content (AvgIpc) is 2.54. The Labute approximate surface area is 226 Å². The fourth-order valence-corrected chi connectivity index (χ4v) is 16.1. The first kappa shape index (κ1) is 42.1. The van der Waals surface area contributed by atoms with Crippen LogP contribution in [0.15, 0.2) is 0 Å². The van der Waals surface area contributed by atoms with Gasteiger partial charge >= 0.3 is 60.8 Å². The SMILES string of the molecule is CC(NC(P(=O)(O)O)P(=O)(O)O)C(NC(P(=O)(O)O)P(=O)(O)O)(C(P(=O)(O)O)P(=O)(O)O)C(P(=O)(O)O)P(=O)(O)O. The molecule has 248 valence electrons. The number of hydrogen-bond acceptors (Lipinski definition) is 10. The highest BCUT2D eigenvalue weighted by atomic mass is 31.3. The van der Waals surface area contributed by atoms with Crippen LogP contribution in [0.1, 0.15) is 6.92 Å². The predicted molar refractivity (Wildman–Crippen MR) is 130 cm³/mol. The summed E-state index contributed by atoms with van der Waals surface area (Å²) in [4.78, 5) is 154. The van der Waals surface area contributed by atoms with Gasteiger partial charge in [-0.25, -0.2) is 0 Å². The van der Waals surface area contributed by atoms with Crippen molar-refractivity contribution < 1.29 is 115 Å². The second-order valence-electron chi connectivity index (χ2n) is 8.17. The summed E-state index contributed by atoms with van der Waals surface area (Å²) in [5, 5.41) is -7.19. The van der Waals surface area contributed by atoms with E-state index in [4.69, 9.17) is 0 Å². The van der Waals surface area contributed by atoms with E-state index in [-0.39, 0.29) is 6.92 Å². The van der Waals surface area contributed by atoms with Crippen LogP contribution in [-0.2, 0) is 36.5 Å². The maximum absolute atomic E-state index is 12.4. The summed E-state index contributed by atoms with van der Waals surface area (Å²) in [6.45, 7) is -0.0294. The lowest BCUT2D eigenvalue weighted by atomic mass is 9.95. The van der Waals surface area contributed by atoms with Crippen molar-refractivity contribution in [1.29, 1.82) is 0 Å². The first-order valence-corrected chi connectivity index (χ1v) is 22.7. The van der Waals surface area contributed by atoms with Crippen LogP contribution in [0, 0.1) is 0 Å². The maximum Gasteiger partial charge on any atom is 0.354 e. The van der Waals surface area contributed by atoms with Crippen LogP contribution in [0.25, 0.3) is 0 Å². The number of rotatable bonds is 15. The Morgan fingerprint density at radius 2 is 0.634 bits per heavy atom. The van der Waals surface area contributed by atoms with Gasteiger partial charge in [0.05, 0.1) is 5.54 Å². The number of nitrogens with one attached hydrogen (secondary N) is 2. The van der Waals surface area contributed by atoms with Gasteiger partial charge in [-0.05, 0) is 6.92 Å². The van der Waals surface area contributed by atoms with Crippen LogP contribution in [0.5, 0.6) is 0 Å². The molecule has 0 fully saturated rings. The van der Waals surface area contributed by atoms with Crippen molar-refractivity contribution >= 4 is 60.8 Å². The minimum atomic E-state index is -7.00. The fourth-order valence-electron chi connectivity index (χ4n) is 3.70. The summed E-state index contributed by atoms with van der Waals surface area (Å²) >= 11 is 0. The van der Waals surface area contributed by atoms with Crippen LogP contribution in [-0.4, -0.2) is 112 Å². The van der Waals surface area contributed by atoms with Crippen molar-refractivity contribution in [2.75, 3.05) is 0 Å². The van der Waals surface area contributed by atoms with Crippen molar-refractivity contribution in [3.63, 3.8) is 0 Å². The largest absolute Gasteiger partial charge is 0.354 e. The molecular formula is C7H26N2O24P8. The van der Waals surface area contributed by atoms with Gasteiger partial charge in [-0.3, -0.25) is 47.2 Å². The minimum absolute atomic E-state index is 0.0294. The quantitative estimate of drug-likeness (QED) is 0.0704. The van der Waals surface area contributed by atoms with Crippen molar-refractivity contribution in [1.82, 2.24) is 10.6 Å². The molecule has 18 N–H and O–H groups in total. The monoisotopic (exact) mass is 770 g/mol. The molecule has 0 aliphatic heterocycles. The standard InChI is InChI=1S/C7H26N2O24P8/c1-2(8-5(38(22,23)24)39(25,26)27)7(3(34(10,11)12)35(13,14)15,4(36(16,17)18)37(19,20)21)9-6(40(28,29)30)41(31,32)33/h2-6,8-9H,1H3,(H2,10,11,12)(H2,13,14,15)(H2,16,17,18)(H2,19,20,21)(H2,22,23,24)(H2,25,26,27)(H2,28,29,30)(H2,31,32,33). The van der Waals surface area contributed by atoms with E-state index >= 15 is 0 Å². The molecule has 0 amide bonds. The van der Waals surface area contributed by atoms with Crippen LogP contribution in [0.4, 0.5) is 0 Å². The lowest BCUT2D eigenvalue weighted by molar-refractivity contribution is 0.190. The van der Waals surface area contributed by atoms with Crippen LogP contribution >= 0.6 is 60.8 Å². The lowest BCUT2D eigenvalue weighted by Crippen LogP contribution is -2.72. The highest BCUT2D eigenvalue weighted by Gasteiger charge is 2.73. The van der Waals surface area contributed by atoms with Gasteiger partial charge in [-0.2, -0.15) is 0 Å². The molecule has 0 bridgehead atoms. The highest BCUT2D eigenvalue weighted by Crippen LogP contribution is 2.75. The zero-order chi connectivity index (χ0) is 33.8. The molecule has 26 nitrogen and oxygen atoms in total. The molecule has 34 heteroatoms. The lowest BCUT2D eigenvalue weighted by Gasteiger charge is -2.51. The molecule has 1 atom stereocenters. The second-order valence-corrected chi connectivity index (χ2v) is 23.4. The molecule has 0 radical (unpaired) electrons. The average molecular weight is 770 g/mol. The fraction of sp³-hybridized carbons (Fsp3) is 1.00. The molecule has 0 aromatic heterocycles. The zero-order valence-electron chi connectivity index (χ0n) is 19.4. The van der Waals surface area contributed by atoms with Gasteiger partial charge in [-0.15, -0.1) is 0 Å². The van der Waals surface area contributed by atoms with E-state index in [2.05, 4.69) is 0 Å². The summed E-state index contributed by atoms with van der Waals surface area (Å²) in [7, 11) is -53.9. The second kappa shape index (κ2) is 12.7. The first-order valence-electron chi connectivity index (χ1n) is 9.29. The Balaban J connectivity index is 8.75. The molecule has 0 aromatic rings. The Hall–Kier alpha value is 1.12. The Morgan fingerprint density at radius 1 is 0.415 bits per heavy atom. The molecule has 0 spiro atoms. The molecule has 0 aliphatic rings. The van der Waals surface area contributed by atoms with E-state index in [1.54, 1.807) is 0 Å². The van der Waals surface area contributed by atoms with E-state index in [0.717, 1.165) is 10.6 Å². The van der Waals surface area contributed by atoms with Gasteiger partial charge in [-0.1, -0.05) is 0 Å². The molecular weight excluding hydrogens is 744 g/mol. The van der Waals surface area contributed by atoms with Crippen molar-refractivity contribution in [3.05, 3.63) is 0 Å². The molecule has 1 unspecified atom stereocenters. The molecule has 0 saturated heterocycles. The van der Waals surface area contributed by atoms with Crippen LogP contribution in [0.3, 0.4) is 0 Å². The molecule has 0 rings (SSSR count). The molecule has 0 heterocycles. The Morgan fingerprint density at radius 3 is 0.805 bits per heavy atom. The number of hydrogen-bond donors (Lipinski definition) is 18. The van der Waals surface area contributed by atoms with Crippen molar-refractivity contribution in [3.8, 4) is 0 Å². The minimum Gasteiger partial charge on any atom is -0.324 e. The third kappa shape index (κ3) is 10.9. The summed E-state index contributed by atoms with van der Waals surface area (Å²) in [5.41, 5.74) is -12.8. The first-order chi connectivity index (χ1) is 17.3. The van der Waals surface area contributed by atoms with Gasteiger partial charge in [0.25, 0.3) is 0 Å². The topological polar surface area (TPSA) is 484 Å². The van der Waals surface area contributed by atoms with Gasteiger partial charge in [0, 0.05) is 6.04 Å². The van der Waals surface area contributed by atoms with E-state index < -0.39 is 94.2 Å². The summed E-state index contributed by atoms with van der Waals surface area (Å²) in [5.74, 6) is 0. The van der Waals surface area contributed by atoms with Crippen LogP contribution < -0.4 is 10.6 Å². The normalized spacial score (nSPS) is 16.7. The third-order valence-corrected chi connectivity index (χ3v) is 19.5. The van der Waals surface area contributed by atoms with Gasteiger partial charge in [0.1, 0.15) is 0 Å². The van der Waals surface area contributed by atoms with E-state index in [0.29, 0.717) is 0 Å². The van der Waals surface area contributed by atoms with Gasteiger partial charge < -0.3 is 78.3 Å². The molecule has 0 aliphatic carbocycles. The summed E-state index contributed by atoms with van der Waals surface area (Å²) in [6.07, 6.45) is 0. The van der Waals surface area contributed by atoms with Gasteiger partial charge in [0.15, 0.2) is 10.8 Å².